The van der Waals surface area contributed by atoms with Crippen LogP contribution in [0.5, 0.6) is 0 Å². The van der Waals surface area contributed by atoms with Gasteiger partial charge in [-0.2, -0.15) is 0 Å². The van der Waals surface area contributed by atoms with E-state index in [1.165, 1.54) is 0 Å². The molecule has 1 fully saturated rings. The lowest BCUT2D eigenvalue weighted by atomic mass is 10.2. The third kappa shape index (κ3) is 3.07. The monoisotopic (exact) mass is 352 g/mol. The summed E-state index contributed by atoms with van der Waals surface area (Å²) in [5.74, 6) is -0.603. The third-order valence-electron chi connectivity index (χ3n) is 3.02. The third-order valence-corrected chi connectivity index (χ3v) is 5.18. The van der Waals surface area contributed by atoms with Crippen LogP contribution < -0.4 is 10.5 Å². The molecule has 2 rings (SSSR count). The number of sulfonamides is 1. The number of hydrogen-bond acceptors (Lipinski definition) is 4. The highest BCUT2D eigenvalue weighted by Gasteiger charge is 2.30. The molecule has 1 aromatic carbocycles. The number of benzene rings is 1. The molecule has 3 N–H and O–H groups in total. The fraction of sp³-hybridized carbons (Fsp3) is 0.455. The van der Waals surface area contributed by atoms with Crippen molar-refractivity contribution in [2.45, 2.75) is 30.4 Å². The molecule has 1 heterocycles. The standard InChI is InChI=1S/C11H14BrFN2O3S/c1-6-10(2-3-18-6)15-19(16,17)11-4-7(12)8(13)5-9(11)14/h4-6,10,15H,2-3,14H2,1H3. The zero-order chi connectivity index (χ0) is 14.2. The molecule has 0 saturated carbocycles. The minimum atomic E-state index is -3.80. The fourth-order valence-electron chi connectivity index (χ4n) is 1.93. The molecular formula is C11H14BrFN2O3S. The van der Waals surface area contributed by atoms with E-state index in [0.717, 1.165) is 12.1 Å². The van der Waals surface area contributed by atoms with E-state index >= 15 is 0 Å². The van der Waals surface area contributed by atoms with Gasteiger partial charge in [0.05, 0.1) is 22.3 Å². The quantitative estimate of drug-likeness (QED) is 0.810. The summed E-state index contributed by atoms with van der Waals surface area (Å²) >= 11 is 2.95. The van der Waals surface area contributed by atoms with Crippen LogP contribution in [0.25, 0.3) is 0 Å². The Morgan fingerprint density at radius 3 is 2.79 bits per heavy atom. The lowest BCUT2D eigenvalue weighted by Crippen LogP contribution is -2.39. The van der Waals surface area contributed by atoms with E-state index in [-0.39, 0.29) is 27.2 Å². The number of ether oxygens (including phenoxy) is 1. The average molecular weight is 353 g/mol. The molecule has 0 spiro atoms. The van der Waals surface area contributed by atoms with E-state index in [4.69, 9.17) is 10.5 Å². The first-order valence-corrected chi connectivity index (χ1v) is 7.97. The summed E-state index contributed by atoms with van der Waals surface area (Å²) in [6, 6.07) is 1.84. The number of anilines is 1. The van der Waals surface area contributed by atoms with Crippen LogP contribution in [0, 0.1) is 5.82 Å². The molecule has 1 aromatic rings. The molecule has 8 heteroatoms. The summed E-state index contributed by atoms with van der Waals surface area (Å²) in [7, 11) is -3.80. The Labute approximate surface area is 119 Å². The number of rotatable bonds is 3. The number of nitrogen functional groups attached to an aromatic ring is 1. The zero-order valence-corrected chi connectivity index (χ0v) is 12.6. The summed E-state index contributed by atoms with van der Waals surface area (Å²) in [4.78, 5) is -0.139. The van der Waals surface area contributed by atoms with Gasteiger partial charge in [-0.3, -0.25) is 0 Å². The first-order valence-electron chi connectivity index (χ1n) is 5.69. The highest BCUT2D eigenvalue weighted by Crippen LogP contribution is 2.27. The van der Waals surface area contributed by atoms with Gasteiger partial charge in [0.2, 0.25) is 10.0 Å². The van der Waals surface area contributed by atoms with Crippen LogP contribution in [0.4, 0.5) is 10.1 Å². The van der Waals surface area contributed by atoms with Crippen molar-refractivity contribution in [2.24, 2.45) is 0 Å². The van der Waals surface area contributed by atoms with Gasteiger partial charge in [-0.05, 0) is 41.4 Å². The van der Waals surface area contributed by atoms with Gasteiger partial charge in [0.1, 0.15) is 10.7 Å². The van der Waals surface area contributed by atoms with Gasteiger partial charge in [0.15, 0.2) is 0 Å². The normalized spacial score (nSPS) is 23.7. The molecule has 0 amide bonds. The molecule has 0 bridgehead atoms. The molecule has 106 valence electrons. The Kier molecular flexibility index (Phi) is 4.14. The van der Waals surface area contributed by atoms with E-state index in [0.29, 0.717) is 13.0 Å². The molecule has 1 aliphatic rings. The smallest absolute Gasteiger partial charge is 0.242 e. The fourth-order valence-corrected chi connectivity index (χ4v) is 3.90. The molecule has 19 heavy (non-hydrogen) atoms. The van der Waals surface area contributed by atoms with E-state index in [1.54, 1.807) is 6.92 Å². The maximum Gasteiger partial charge on any atom is 0.242 e. The molecular weight excluding hydrogens is 339 g/mol. The summed E-state index contributed by atoms with van der Waals surface area (Å²) in [6.07, 6.45) is 0.405. The van der Waals surface area contributed by atoms with Crippen molar-refractivity contribution in [3.63, 3.8) is 0 Å². The first kappa shape index (κ1) is 14.7. The van der Waals surface area contributed by atoms with Crippen LogP contribution in [0.3, 0.4) is 0 Å². The van der Waals surface area contributed by atoms with Gasteiger partial charge in [0, 0.05) is 6.61 Å². The van der Waals surface area contributed by atoms with Crippen molar-refractivity contribution in [3.05, 3.63) is 22.4 Å². The molecule has 1 aliphatic heterocycles. The molecule has 0 aromatic heterocycles. The van der Waals surface area contributed by atoms with Crippen molar-refractivity contribution in [3.8, 4) is 0 Å². The SMILES string of the molecule is CC1OCCC1NS(=O)(=O)c1cc(Br)c(F)cc1N. The minimum Gasteiger partial charge on any atom is -0.398 e. The van der Waals surface area contributed by atoms with Gasteiger partial charge in [0.25, 0.3) is 0 Å². The topological polar surface area (TPSA) is 81.4 Å². The highest BCUT2D eigenvalue weighted by atomic mass is 79.9. The van der Waals surface area contributed by atoms with E-state index in [9.17, 15) is 12.8 Å². The molecule has 0 radical (unpaired) electrons. The maximum absolute atomic E-state index is 13.3. The van der Waals surface area contributed by atoms with Crippen LogP contribution in [-0.2, 0) is 14.8 Å². The average Bonchev–Trinajstić information content (AvgIpc) is 2.69. The minimum absolute atomic E-state index is 0.0535. The van der Waals surface area contributed by atoms with Crippen LogP contribution >= 0.6 is 15.9 Å². The lowest BCUT2D eigenvalue weighted by Gasteiger charge is -2.17. The van der Waals surface area contributed by atoms with Gasteiger partial charge in [-0.15, -0.1) is 0 Å². The predicted molar refractivity (Wildman–Crippen MR) is 72.7 cm³/mol. The van der Waals surface area contributed by atoms with Crippen molar-refractivity contribution < 1.29 is 17.5 Å². The maximum atomic E-state index is 13.3. The lowest BCUT2D eigenvalue weighted by molar-refractivity contribution is 0.117. The Morgan fingerprint density at radius 2 is 2.21 bits per heavy atom. The predicted octanol–water partition coefficient (Wildman–Crippen LogP) is 1.63. The van der Waals surface area contributed by atoms with Crippen molar-refractivity contribution in [1.29, 1.82) is 0 Å². The Hall–Kier alpha value is -0.700. The number of hydrogen-bond donors (Lipinski definition) is 2. The second-order valence-electron chi connectivity index (χ2n) is 4.40. The van der Waals surface area contributed by atoms with Crippen LogP contribution in [0.1, 0.15) is 13.3 Å². The van der Waals surface area contributed by atoms with E-state index < -0.39 is 15.8 Å². The first-order chi connectivity index (χ1) is 8.81. The van der Waals surface area contributed by atoms with E-state index in [1.807, 2.05) is 0 Å². The zero-order valence-electron chi connectivity index (χ0n) is 10.2. The van der Waals surface area contributed by atoms with Crippen LogP contribution in [0.2, 0.25) is 0 Å². The molecule has 2 atom stereocenters. The highest BCUT2D eigenvalue weighted by molar-refractivity contribution is 9.10. The van der Waals surface area contributed by atoms with Crippen molar-refractivity contribution >= 4 is 31.6 Å². The van der Waals surface area contributed by atoms with Gasteiger partial charge < -0.3 is 10.5 Å². The Morgan fingerprint density at radius 1 is 1.53 bits per heavy atom. The van der Waals surface area contributed by atoms with Gasteiger partial charge in [-0.1, -0.05) is 0 Å². The van der Waals surface area contributed by atoms with Crippen molar-refractivity contribution in [2.75, 3.05) is 12.3 Å². The second-order valence-corrected chi connectivity index (χ2v) is 6.93. The summed E-state index contributed by atoms with van der Waals surface area (Å²) in [5.41, 5.74) is 5.45. The second kappa shape index (κ2) is 5.35. The molecule has 1 saturated heterocycles. The number of nitrogens with one attached hydrogen (secondary N) is 1. The summed E-state index contributed by atoms with van der Waals surface area (Å²) in [6.45, 7) is 2.31. The number of nitrogens with two attached hydrogens (primary N) is 1. The summed E-state index contributed by atoms with van der Waals surface area (Å²) in [5, 5.41) is 0. The Balaban J connectivity index is 2.32. The van der Waals surface area contributed by atoms with Gasteiger partial charge >= 0.3 is 0 Å². The molecule has 0 aliphatic carbocycles. The number of halogens is 2. The largest absolute Gasteiger partial charge is 0.398 e. The molecule has 5 nitrogen and oxygen atoms in total. The van der Waals surface area contributed by atoms with Crippen LogP contribution in [0.15, 0.2) is 21.5 Å². The summed E-state index contributed by atoms with van der Waals surface area (Å²) < 4.78 is 45.6. The van der Waals surface area contributed by atoms with Gasteiger partial charge in [-0.25, -0.2) is 17.5 Å². The Bertz CT molecular complexity index is 594. The molecule has 2 unspecified atom stereocenters. The van der Waals surface area contributed by atoms with Crippen molar-refractivity contribution in [1.82, 2.24) is 4.72 Å². The van der Waals surface area contributed by atoms with E-state index in [2.05, 4.69) is 20.7 Å². The van der Waals surface area contributed by atoms with Crippen LogP contribution in [-0.4, -0.2) is 27.2 Å².